The van der Waals surface area contributed by atoms with E-state index >= 15 is 0 Å². The lowest BCUT2D eigenvalue weighted by atomic mass is 10.1. The van der Waals surface area contributed by atoms with Crippen LogP contribution < -0.4 is 10.6 Å². The predicted molar refractivity (Wildman–Crippen MR) is 199 cm³/mol. The van der Waals surface area contributed by atoms with Crippen LogP contribution in [-0.2, 0) is 0 Å². The van der Waals surface area contributed by atoms with Crippen LogP contribution in [0, 0.1) is 0 Å². The minimum Gasteiger partial charge on any atom is -0.0746 e. The fraction of sp³-hybridized carbons (Fsp3) is 0.700. The van der Waals surface area contributed by atoms with Gasteiger partial charge in [0.05, 0.1) is 0 Å². The Hall–Kier alpha value is -0.700. The molecule has 0 aliphatic heterocycles. The smallest absolute Gasteiger partial charge is 0.0101 e. The molecule has 0 amide bonds. The second-order valence-corrected chi connectivity index (χ2v) is 17.6. The molecule has 2 heteroatoms. The van der Waals surface area contributed by atoms with Gasteiger partial charge in [0.2, 0.25) is 0 Å². The van der Waals surface area contributed by atoms with Crippen LogP contribution in [0.25, 0.3) is 11.1 Å². The lowest BCUT2D eigenvalue weighted by Gasteiger charge is -2.26. The second-order valence-electron chi connectivity index (χ2n) is 12.7. The molecule has 2 aromatic rings. The van der Waals surface area contributed by atoms with Crippen LogP contribution in [-0.4, -0.2) is 24.6 Å². The molecule has 0 saturated carbocycles. The first kappa shape index (κ1) is 37.5. The maximum atomic E-state index is 2.54. The third kappa shape index (κ3) is 15.3. The van der Waals surface area contributed by atoms with Crippen LogP contribution in [0.1, 0.15) is 156 Å². The van der Waals surface area contributed by atoms with Crippen molar-refractivity contribution < 1.29 is 0 Å². The van der Waals surface area contributed by atoms with E-state index in [1.54, 1.807) is 21.7 Å². The van der Waals surface area contributed by atoms with Crippen molar-refractivity contribution in [1.29, 1.82) is 0 Å². The molecule has 0 N–H and O–H groups in total. The summed E-state index contributed by atoms with van der Waals surface area (Å²) < 4.78 is 0. The van der Waals surface area contributed by atoms with E-state index in [1.807, 2.05) is 0 Å². The van der Waals surface area contributed by atoms with E-state index in [4.69, 9.17) is 0 Å². The Bertz CT molecular complexity index is 789. The summed E-state index contributed by atoms with van der Waals surface area (Å²) in [4.78, 5) is 0. The zero-order chi connectivity index (χ0) is 30.1. The summed E-state index contributed by atoms with van der Waals surface area (Å²) in [6.07, 6.45) is 33.7. The molecule has 2 aromatic carbocycles. The van der Waals surface area contributed by atoms with E-state index in [0.29, 0.717) is 0 Å². The summed E-state index contributed by atoms with van der Waals surface area (Å²) in [6.45, 7) is 9.34. The Morgan fingerprint density at radius 3 is 0.881 bits per heavy atom. The highest BCUT2D eigenvalue weighted by Crippen LogP contribution is 2.44. The topological polar surface area (TPSA) is 0 Å². The van der Waals surface area contributed by atoms with E-state index in [0.717, 1.165) is 0 Å². The Morgan fingerprint density at radius 2 is 0.595 bits per heavy atom. The molecule has 0 bridgehead atoms. The van der Waals surface area contributed by atoms with Gasteiger partial charge in [-0.3, -0.25) is 0 Å². The van der Waals surface area contributed by atoms with Crippen LogP contribution in [0.3, 0.4) is 0 Å². The molecule has 0 spiro atoms. The standard InChI is InChI=1S/C40H68P2/c1-5-9-13-17-25-33-41(34-26-18-14-10-6-2)39-31-23-21-29-37(39)38-30-22-24-32-40(38)42(35-27-19-15-11-7-3)36-28-20-16-12-8-4/h21-24,29-32H,5-20,25-28,33-36H2,1-4H3. The highest BCUT2D eigenvalue weighted by molar-refractivity contribution is 7.66. The molecular weight excluding hydrogens is 542 g/mol. The fourth-order valence-electron chi connectivity index (χ4n) is 6.28. The molecule has 42 heavy (non-hydrogen) atoms. The molecule has 0 radical (unpaired) electrons. The van der Waals surface area contributed by atoms with E-state index < -0.39 is 0 Å². The average molecular weight is 611 g/mol. The van der Waals surface area contributed by atoms with Crippen LogP contribution in [0.2, 0.25) is 0 Å². The number of rotatable bonds is 27. The quantitative estimate of drug-likeness (QED) is 0.0697. The van der Waals surface area contributed by atoms with Crippen LogP contribution in [0.5, 0.6) is 0 Å². The SMILES string of the molecule is CCCCCCCP(CCCCCCC)c1ccccc1-c1ccccc1P(CCCCCCC)CCCCCCC. The number of hydrogen-bond donors (Lipinski definition) is 0. The first-order chi connectivity index (χ1) is 20.8. The van der Waals surface area contributed by atoms with Crippen LogP contribution >= 0.6 is 15.8 Å². The zero-order valence-electron chi connectivity index (χ0n) is 28.5. The molecule has 0 heterocycles. The molecule has 0 aliphatic rings. The summed E-state index contributed by atoms with van der Waals surface area (Å²) in [5.74, 6) is 0. The molecule has 0 aliphatic carbocycles. The van der Waals surface area contributed by atoms with Gasteiger partial charge in [0.1, 0.15) is 0 Å². The van der Waals surface area contributed by atoms with Crippen molar-refractivity contribution in [3.05, 3.63) is 48.5 Å². The summed E-state index contributed by atoms with van der Waals surface area (Å²) >= 11 is 0. The Balaban J connectivity index is 2.30. The lowest BCUT2D eigenvalue weighted by Crippen LogP contribution is -2.16. The highest BCUT2D eigenvalue weighted by atomic mass is 31.1. The Morgan fingerprint density at radius 1 is 0.333 bits per heavy atom. The van der Waals surface area contributed by atoms with Crippen molar-refractivity contribution in [1.82, 2.24) is 0 Å². The molecular formula is C40H68P2. The summed E-state index contributed by atoms with van der Waals surface area (Å²) in [7, 11) is -0.204. The Labute approximate surface area is 266 Å². The van der Waals surface area contributed by atoms with Gasteiger partial charge in [0.15, 0.2) is 0 Å². The van der Waals surface area contributed by atoms with Crippen molar-refractivity contribution in [3.63, 3.8) is 0 Å². The predicted octanol–water partition coefficient (Wildman–Crippen LogP) is 13.4. The van der Waals surface area contributed by atoms with Gasteiger partial charge in [-0.1, -0.05) is 195 Å². The van der Waals surface area contributed by atoms with E-state index in [-0.39, 0.29) is 15.8 Å². The maximum Gasteiger partial charge on any atom is -0.0101 e. The van der Waals surface area contributed by atoms with Gasteiger partial charge in [-0.05, 0) is 72.1 Å². The first-order valence-corrected chi connectivity index (χ1v) is 21.9. The van der Waals surface area contributed by atoms with Gasteiger partial charge in [-0.25, -0.2) is 0 Å². The Kier molecular flexibility index (Phi) is 22.9. The maximum absolute atomic E-state index is 2.54. The highest BCUT2D eigenvalue weighted by Gasteiger charge is 2.20. The minimum absolute atomic E-state index is 0.102. The lowest BCUT2D eigenvalue weighted by molar-refractivity contribution is 0.653. The normalized spacial score (nSPS) is 11.7. The molecule has 0 fully saturated rings. The molecule has 2 rings (SSSR count). The molecule has 0 atom stereocenters. The van der Waals surface area contributed by atoms with Gasteiger partial charge >= 0.3 is 0 Å². The minimum atomic E-state index is -0.102. The summed E-state index contributed by atoms with van der Waals surface area (Å²) in [5, 5.41) is 3.43. The monoisotopic (exact) mass is 610 g/mol. The van der Waals surface area contributed by atoms with Gasteiger partial charge in [-0.15, -0.1) is 0 Å². The number of unbranched alkanes of at least 4 members (excludes halogenated alkanes) is 16. The van der Waals surface area contributed by atoms with E-state index in [1.165, 1.54) is 153 Å². The van der Waals surface area contributed by atoms with Crippen molar-refractivity contribution >= 4 is 26.5 Å². The fourth-order valence-corrected chi connectivity index (χ4v) is 11.8. The van der Waals surface area contributed by atoms with Crippen molar-refractivity contribution in [2.24, 2.45) is 0 Å². The van der Waals surface area contributed by atoms with Crippen molar-refractivity contribution in [2.45, 2.75) is 156 Å². The molecule has 238 valence electrons. The largest absolute Gasteiger partial charge is 0.0746 e. The molecule has 0 saturated heterocycles. The third-order valence-corrected chi connectivity index (χ3v) is 14.5. The van der Waals surface area contributed by atoms with Crippen LogP contribution in [0.4, 0.5) is 0 Å². The van der Waals surface area contributed by atoms with Gasteiger partial charge in [-0.2, -0.15) is 0 Å². The average Bonchev–Trinajstić information content (AvgIpc) is 3.02. The van der Waals surface area contributed by atoms with Crippen molar-refractivity contribution in [2.75, 3.05) is 24.6 Å². The van der Waals surface area contributed by atoms with Crippen molar-refractivity contribution in [3.8, 4) is 11.1 Å². The third-order valence-electron chi connectivity index (χ3n) is 8.91. The molecule has 0 nitrogen and oxygen atoms in total. The zero-order valence-corrected chi connectivity index (χ0v) is 30.3. The first-order valence-electron chi connectivity index (χ1n) is 18.4. The molecule has 0 aromatic heterocycles. The molecule has 0 unspecified atom stereocenters. The van der Waals surface area contributed by atoms with Crippen LogP contribution in [0.15, 0.2) is 48.5 Å². The summed E-state index contributed by atoms with van der Waals surface area (Å²) in [5.41, 5.74) is 3.18. The van der Waals surface area contributed by atoms with E-state index in [9.17, 15) is 0 Å². The second kappa shape index (κ2) is 25.6. The number of hydrogen-bond acceptors (Lipinski definition) is 0. The number of benzene rings is 2. The van der Waals surface area contributed by atoms with Gasteiger partial charge in [0, 0.05) is 0 Å². The van der Waals surface area contributed by atoms with E-state index in [2.05, 4.69) is 76.2 Å². The summed E-state index contributed by atoms with van der Waals surface area (Å²) in [6, 6.07) is 19.4. The van der Waals surface area contributed by atoms with Gasteiger partial charge < -0.3 is 0 Å². The van der Waals surface area contributed by atoms with Gasteiger partial charge in [0.25, 0.3) is 0 Å².